The molecule has 7 heteroatoms. The number of rotatable bonds is 12. The van der Waals surface area contributed by atoms with Crippen molar-refractivity contribution in [2.45, 2.75) is 38.1 Å². The molecule has 2 amide bonds. The fraction of sp³-hybridized carbons (Fsp3) is 0.478. The topological polar surface area (TPSA) is 84.9 Å². The molecular formula is C23H30N2O5. The number of nitrogens with zero attached hydrogens (tertiary/aromatic N) is 1. The van der Waals surface area contributed by atoms with Crippen LogP contribution in [0.2, 0.25) is 0 Å². The highest BCUT2D eigenvalue weighted by Crippen LogP contribution is 2.41. The van der Waals surface area contributed by atoms with Gasteiger partial charge in [0.25, 0.3) is 5.91 Å². The van der Waals surface area contributed by atoms with Crippen LogP contribution < -0.4 is 5.32 Å². The minimum absolute atomic E-state index is 0.125. The second-order valence-electron chi connectivity index (χ2n) is 7.06. The van der Waals surface area contributed by atoms with Crippen molar-refractivity contribution in [1.29, 1.82) is 0 Å². The Morgan fingerprint density at radius 3 is 2.73 bits per heavy atom. The van der Waals surface area contributed by atoms with E-state index in [1.54, 1.807) is 0 Å². The molecule has 0 spiro atoms. The Hall–Kier alpha value is -2.89. The van der Waals surface area contributed by atoms with Crippen LogP contribution in [0.25, 0.3) is 0 Å². The molecule has 30 heavy (non-hydrogen) atoms. The zero-order chi connectivity index (χ0) is 21.9. The van der Waals surface area contributed by atoms with Crippen LogP contribution in [-0.4, -0.2) is 56.1 Å². The molecule has 1 unspecified atom stereocenters. The van der Waals surface area contributed by atoms with E-state index >= 15 is 0 Å². The number of esters is 1. The fourth-order valence-corrected chi connectivity index (χ4v) is 3.20. The number of hydrogen-bond donors (Lipinski definition) is 1. The van der Waals surface area contributed by atoms with Crippen LogP contribution >= 0.6 is 0 Å². The van der Waals surface area contributed by atoms with Crippen LogP contribution in [0.5, 0.6) is 0 Å². The highest BCUT2D eigenvalue weighted by atomic mass is 16.5. The second-order valence-corrected chi connectivity index (χ2v) is 7.06. The number of nitrogens with one attached hydrogen (secondary N) is 1. The summed E-state index contributed by atoms with van der Waals surface area (Å²) in [5.41, 5.74) is 4.43. The smallest absolute Gasteiger partial charge is 0.307 e. The molecule has 162 valence electrons. The van der Waals surface area contributed by atoms with Gasteiger partial charge in [-0.05, 0) is 36.8 Å². The quantitative estimate of drug-likeness (QED) is 0.246. The van der Waals surface area contributed by atoms with Crippen LogP contribution in [0.3, 0.4) is 0 Å². The van der Waals surface area contributed by atoms with E-state index in [1.807, 2.05) is 25.1 Å². The van der Waals surface area contributed by atoms with Gasteiger partial charge in [-0.25, -0.2) is 0 Å². The summed E-state index contributed by atoms with van der Waals surface area (Å²) in [5, 5.41) is 2.83. The standard InChI is InChI=1S/C23H30N2O5/c1-4-7-20(26)25(13-15-30-14-12-21(27)29-3)22(23(28)24-5-2)19-9-6-8-18(16-19)17-10-11-17/h6-9,16-17,22H,1,5,10-15H2,2-3H3,(H,24,28). The molecule has 1 fully saturated rings. The van der Waals surface area contributed by atoms with Gasteiger partial charge in [0.05, 0.1) is 26.7 Å². The third-order valence-electron chi connectivity index (χ3n) is 4.85. The molecule has 0 radical (unpaired) electrons. The van der Waals surface area contributed by atoms with Crippen molar-refractivity contribution in [2.24, 2.45) is 0 Å². The number of carbonyl (C=O) groups excluding carboxylic acids is 3. The highest BCUT2D eigenvalue weighted by molar-refractivity contribution is 5.93. The molecule has 7 nitrogen and oxygen atoms in total. The van der Waals surface area contributed by atoms with Gasteiger partial charge in [0, 0.05) is 19.2 Å². The van der Waals surface area contributed by atoms with E-state index in [2.05, 4.69) is 28.4 Å². The number of methoxy groups -OCH3 is 1. The lowest BCUT2D eigenvalue weighted by Crippen LogP contribution is -2.44. The molecule has 0 heterocycles. The van der Waals surface area contributed by atoms with Crippen molar-refractivity contribution < 1.29 is 23.9 Å². The highest BCUT2D eigenvalue weighted by Gasteiger charge is 2.31. The molecule has 1 atom stereocenters. The van der Waals surface area contributed by atoms with Gasteiger partial charge in [0.15, 0.2) is 0 Å². The Morgan fingerprint density at radius 2 is 2.10 bits per heavy atom. The van der Waals surface area contributed by atoms with Crippen molar-refractivity contribution in [3.63, 3.8) is 0 Å². The van der Waals surface area contributed by atoms with E-state index in [9.17, 15) is 14.4 Å². The van der Waals surface area contributed by atoms with E-state index in [-0.39, 0.29) is 44.0 Å². The number of hydrogen-bond acceptors (Lipinski definition) is 5. The van der Waals surface area contributed by atoms with Gasteiger partial charge in [0.1, 0.15) is 6.04 Å². The minimum Gasteiger partial charge on any atom is -0.469 e. The Kier molecular flexibility index (Phi) is 9.32. The molecule has 1 N–H and O–H groups in total. The summed E-state index contributed by atoms with van der Waals surface area (Å²) in [7, 11) is 1.32. The van der Waals surface area contributed by atoms with Gasteiger partial charge in [-0.1, -0.05) is 30.8 Å². The SMILES string of the molecule is C=C=CC(=O)N(CCOCCC(=O)OC)C(C(=O)NCC)c1cccc(C2CC2)c1. The largest absolute Gasteiger partial charge is 0.469 e. The Morgan fingerprint density at radius 1 is 1.33 bits per heavy atom. The van der Waals surface area contributed by atoms with Crippen LogP contribution in [0.15, 0.2) is 42.7 Å². The van der Waals surface area contributed by atoms with Crippen molar-refractivity contribution in [2.75, 3.05) is 33.4 Å². The molecule has 1 aliphatic rings. The van der Waals surface area contributed by atoms with Gasteiger partial charge >= 0.3 is 5.97 Å². The van der Waals surface area contributed by atoms with Gasteiger partial charge in [-0.15, -0.1) is 5.73 Å². The predicted molar refractivity (Wildman–Crippen MR) is 113 cm³/mol. The first-order chi connectivity index (χ1) is 14.5. The Balaban J connectivity index is 2.22. The zero-order valence-electron chi connectivity index (χ0n) is 17.7. The maximum Gasteiger partial charge on any atom is 0.307 e. The molecular weight excluding hydrogens is 384 g/mol. The first-order valence-electron chi connectivity index (χ1n) is 10.2. The first-order valence-corrected chi connectivity index (χ1v) is 10.2. The monoisotopic (exact) mass is 414 g/mol. The molecule has 1 aliphatic carbocycles. The molecule has 0 aliphatic heterocycles. The second kappa shape index (κ2) is 12.0. The normalized spacial score (nSPS) is 13.7. The van der Waals surface area contributed by atoms with Crippen LogP contribution in [0, 0.1) is 0 Å². The average molecular weight is 415 g/mol. The molecule has 0 aromatic heterocycles. The lowest BCUT2D eigenvalue weighted by molar-refractivity contribution is -0.142. The lowest BCUT2D eigenvalue weighted by Gasteiger charge is -2.30. The summed E-state index contributed by atoms with van der Waals surface area (Å²) in [4.78, 5) is 38.4. The summed E-state index contributed by atoms with van der Waals surface area (Å²) in [6.45, 7) is 6.28. The number of amides is 2. The third-order valence-corrected chi connectivity index (χ3v) is 4.85. The molecule has 2 rings (SSSR count). The van der Waals surface area contributed by atoms with E-state index < -0.39 is 6.04 Å². The zero-order valence-corrected chi connectivity index (χ0v) is 17.7. The average Bonchev–Trinajstić information content (AvgIpc) is 3.58. The van der Waals surface area contributed by atoms with Crippen molar-refractivity contribution in [3.8, 4) is 0 Å². The summed E-state index contributed by atoms with van der Waals surface area (Å²) in [6.07, 6.45) is 3.63. The van der Waals surface area contributed by atoms with E-state index in [1.165, 1.54) is 23.6 Å². The van der Waals surface area contributed by atoms with E-state index in [0.717, 1.165) is 18.4 Å². The summed E-state index contributed by atoms with van der Waals surface area (Å²) in [6, 6.07) is 7.05. The number of likely N-dealkylation sites (N-methyl/N-ethyl adjacent to an activating group) is 1. The first kappa shape index (κ1) is 23.4. The molecule has 1 aromatic carbocycles. The van der Waals surface area contributed by atoms with Crippen LogP contribution in [0.4, 0.5) is 0 Å². The lowest BCUT2D eigenvalue weighted by atomic mass is 9.99. The molecule has 1 saturated carbocycles. The third kappa shape index (κ3) is 6.87. The maximum absolute atomic E-state index is 13.0. The number of ether oxygens (including phenoxy) is 2. The van der Waals surface area contributed by atoms with Crippen molar-refractivity contribution in [3.05, 3.63) is 53.8 Å². The molecule has 0 bridgehead atoms. The Bertz CT molecular complexity index is 797. The van der Waals surface area contributed by atoms with E-state index in [0.29, 0.717) is 12.5 Å². The Labute approximate surface area is 177 Å². The van der Waals surface area contributed by atoms with E-state index in [4.69, 9.17) is 4.74 Å². The summed E-state index contributed by atoms with van der Waals surface area (Å²) in [5.74, 6) is -0.478. The van der Waals surface area contributed by atoms with Crippen LogP contribution in [0.1, 0.15) is 49.3 Å². The maximum atomic E-state index is 13.0. The molecule has 1 aromatic rings. The fourth-order valence-electron chi connectivity index (χ4n) is 3.20. The summed E-state index contributed by atoms with van der Waals surface area (Å²) < 4.78 is 10.1. The molecule has 0 saturated heterocycles. The van der Waals surface area contributed by atoms with Crippen LogP contribution in [-0.2, 0) is 23.9 Å². The van der Waals surface area contributed by atoms with Gasteiger partial charge in [-0.2, -0.15) is 0 Å². The van der Waals surface area contributed by atoms with Gasteiger partial charge < -0.3 is 19.7 Å². The minimum atomic E-state index is -0.801. The van der Waals surface area contributed by atoms with Crippen molar-refractivity contribution >= 4 is 17.8 Å². The van der Waals surface area contributed by atoms with Gasteiger partial charge in [0.2, 0.25) is 5.91 Å². The number of benzene rings is 1. The van der Waals surface area contributed by atoms with Crippen molar-refractivity contribution in [1.82, 2.24) is 10.2 Å². The number of carbonyl (C=O) groups is 3. The summed E-state index contributed by atoms with van der Waals surface area (Å²) >= 11 is 0. The predicted octanol–water partition coefficient (Wildman–Crippen LogP) is 2.49. The van der Waals surface area contributed by atoms with Gasteiger partial charge in [-0.3, -0.25) is 14.4 Å².